The molecular formula is C12H26NO3+. The van der Waals surface area contributed by atoms with Gasteiger partial charge >= 0.3 is 5.97 Å². The van der Waals surface area contributed by atoms with Gasteiger partial charge in [0.25, 0.3) is 0 Å². The van der Waals surface area contributed by atoms with Gasteiger partial charge in [-0.3, -0.25) is 4.79 Å². The van der Waals surface area contributed by atoms with Crippen LogP contribution in [0.5, 0.6) is 0 Å². The zero-order valence-corrected chi connectivity index (χ0v) is 11.0. The number of quaternary nitrogens is 1. The lowest BCUT2D eigenvalue weighted by Crippen LogP contribution is -2.43. The van der Waals surface area contributed by atoms with Crippen molar-refractivity contribution in [2.45, 2.75) is 38.7 Å². The summed E-state index contributed by atoms with van der Waals surface area (Å²) in [6.45, 7) is 3.55. The summed E-state index contributed by atoms with van der Waals surface area (Å²) >= 11 is 0. The van der Waals surface area contributed by atoms with Gasteiger partial charge in [-0.15, -0.1) is 0 Å². The Labute approximate surface area is 98.8 Å². The van der Waals surface area contributed by atoms with E-state index < -0.39 is 5.97 Å². The minimum absolute atomic E-state index is 0.0989. The third kappa shape index (κ3) is 9.93. The predicted molar refractivity (Wildman–Crippen MR) is 64.4 cm³/mol. The Morgan fingerprint density at radius 1 is 1.31 bits per heavy atom. The van der Waals surface area contributed by atoms with Crippen LogP contribution in [0.4, 0.5) is 0 Å². The third-order valence-corrected chi connectivity index (χ3v) is 2.26. The van der Waals surface area contributed by atoms with E-state index >= 15 is 0 Å². The van der Waals surface area contributed by atoms with Crippen LogP contribution in [0.15, 0.2) is 0 Å². The fourth-order valence-electron chi connectivity index (χ4n) is 1.58. The highest BCUT2D eigenvalue weighted by Crippen LogP contribution is 2.06. The van der Waals surface area contributed by atoms with Crippen LogP contribution in [-0.2, 0) is 9.53 Å². The lowest BCUT2D eigenvalue weighted by atomic mass is 10.2. The SMILES string of the molecule is CCCCCOC(CC(=O)O)C[N+](C)(C)C. The van der Waals surface area contributed by atoms with Crippen molar-refractivity contribution in [3.63, 3.8) is 0 Å². The summed E-state index contributed by atoms with van der Waals surface area (Å²) in [5.41, 5.74) is 0. The molecule has 0 amide bonds. The van der Waals surface area contributed by atoms with Gasteiger partial charge in [0.15, 0.2) is 0 Å². The fraction of sp³-hybridized carbons (Fsp3) is 0.917. The van der Waals surface area contributed by atoms with E-state index in [1.165, 1.54) is 0 Å². The van der Waals surface area contributed by atoms with E-state index in [0.717, 1.165) is 30.3 Å². The maximum absolute atomic E-state index is 10.7. The van der Waals surface area contributed by atoms with Gasteiger partial charge in [-0.2, -0.15) is 0 Å². The first kappa shape index (κ1) is 15.4. The number of rotatable bonds is 9. The Morgan fingerprint density at radius 2 is 1.94 bits per heavy atom. The molecule has 0 bridgehead atoms. The average Bonchev–Trinajstić information content (AvgIpc) is 2.08. The molecule has 4 heteroatoms. The standard InChI is InChI=1S/C12H25NO3/c1-5-6-7-8-16-11(9-12(14)15)10-13(2,3)4/h11H,5-10H2,1-4H3/p+1. The van der Waals surface area contributed by atoms with Gasteiger partial charge in [-0.25, -0.2) is 0 Å². The molecule has 0 rings (SSSR count). The zero-order chi connectivity index (χ0) is 12.6. The highest BCUT2D eigenvalue weighted by Gasteiger charge is 2.21. The molecule has 0 aliphatic carbocycles. The van der Waals surface area contributed by atoms with E-state index in [2.05, 4.69) is 6.92 Å². The Bertz CT molecular complexity index is 199. The molecule has 96 valence electrons. The normalized spacial score (nSPS) is 13.8. The molecule has 0 aliphatic rings. The lowest BCUT2D eigenvalue weighted by Gasteiger charge is -2.28. The smallest absolute Gasteiger partial charge is 0.306 e. The maximum Gasteiger partial charge on any atom is 0.306 e. The molecule has 0 aromatic rings. The van der Waals surface area contributed by atoms with Crippen molar-refractivity contribution in [1.29, 1.82) is 0 Å². The number of carbonyl (C=O) groups is 1. The van der Waals surface area contributed by atoms with Crippen molar-refractivity contribution in [1.82, 2.24) is 0 Å². The number of carboxylic acids is 1. The van der Waals surface area contributed by atoms with E-state index in [1.807, 2.05) is 21.1 Å². The van der Waals surface area contributed by atoms with Crippen LogP contribution in [0, 0.1) is 0 Å². The molecule has 0 saturated heterocycles. The van der Waals surface area contributed by atoms with Crippen LogP contribution in [0.1, 0.15) is 32.6 Å². The van der Waals surface area contributed by atoms with Crippen molar-refractivity contribution in [3.05, 3.63) is 0 Å². The Kier molecular flexibility index (Phi) is 7.34. The second kappa shape index (κ2) is 7.63. The van der Waals surface area contributed by atoms with Crippen molar-refractivity contribution < 1.29 is 19.1 Å². The van der Waals surface area contributed by atoms with Crippen molar-refractivity contribution in [2.24, 2.45) is 0 Å². The summed E-state index contributed by atoms with van der Waals surface area (Å²) in [7, 11) is 6.14. The molecule has 1 N–H and O–H groups in total. The first-order chi connectivity index (χ1) is 7.35. The number of aliphatic carboxylic acids is 1. The van der Waals surface area contributed by atoms with E-state index in [-0.39, 0.29) is 12.5 Å². The summed E-state index contributed by atoms with van der Waals surface area (Å²) in [5, 5.41) is 8.80. The maximum atomic E-state index is 10.7. The van der Waals surface area contributed by atoms with E-state index in [4.69, 9.17) is 9.84 Å². The Morgan fingerprint density at radius 3 is 2.38 bits per heavy atom. The molecule has 4 nitrogen and oxygen atoms in total. The lowest BCUT2D eigenvalue weighted by molar-refractivity contribution is -0.873. The summed E-state index contributed by atoms with van der Waals surface area (Å²) in [4.78, 5) is 10.7. The summed E-state index contributed by atoms with van der Waals surface area (Å²) < 4.78 is 6.36. The minimum atomic E-state index is -0.783. The van der Waals surface area contributed by atoms with Gasteiger partial charge in [-0.1, -0.05) is 19.8 Å². The first-order valence-corrected chi connectivity index (χ1v) is 5.99. The van der Waals surface area contributed by atoms with Gasteiger partial charge in [0.1, 0.15) is 12.6 Å². The topological polar surface area (TPSA) is 46.5 Å². The number of ether oxygens (including phenoxy) is 1. The van der Waals surface area contributed by atoms with Gasteiger partial charge < -0.3 is 14.3 Å². The number of hydrogen-bond donors (Lipinski definition) is 1. The van der Waals surface area contributed by atoms with Crippen LogP contribution in [0.2, 0.25) is 0 Å². The monoisotopic (exact) mass is 232 g/mol. The van der Waals surface area contributed by atoms with Gasteiger partial charge in [0, 0.05) is 6.61 Å². The minimum Gasteiger partial charge on any atom is -0.481 e. The molecule has 0 saturated carbocycles. The summed E-state index contributed by atoms with van der Waals surface area (Å²) in [5.74, 6) is -0.783. The molecular weight excluding hydrogens is 206 g/mol. The zero-order valence-electron chi connectivity index (χ0n) is 11.0. The quantitative estimate of drug-likeness (QED) is 0.486. The molecule has 0 aromatic heterocycles. The van der Waals surface area contributed by atoms with E-state index in [0.29, 0.717) is 6.61 Å². The number of unbranched alkanes of at least 4 members (excludes halogenated alkanes) is 2. The number of likely N-dealkylation sites (N-methyl/N-ethyl adjacent to an activating group) is 1. The molecule has 0 heterocycles. The third-order valence-electron chi connectivity index (χ3n) is 2.26. The number of hydrogen-bond acceptors (Lipinski definition) is 2. The molecule has 0 spiro atoms. The van der Waals surface area contributed by atoms with E-state index in [1.54, 1.807) is 0 Å². The van der Waals surface area contributed by atoms with Crippen molar-refractivity contribution in [2.75, 3.05) is 34.3 Å². The molecule has 0 fully saturated rings. The molecule has 16 heavy (non-hydrogen) atoms. The van der Waals surface area contributed by atoms with Crippen molar-refractivity contribution in [3.8, 4) is 0 Å². The highest BCUT2D eigenvalue weighted by molar-refractivity contribution is 5.67. The summed E-state index contributed by atoms with van der Waals surface area (Å²) in [6.07, 6.45) is 3.24. The molecule has 1 unspecified atom stereocenters. The van der Waals surface area contributed by atoms with Gasteiger partial charge in [0.05, 0.1) is 27.6 Å². The molecule has 0 aliphatic heterocycles. The Hall–Kier alpha value is -0.610. The highest BCUT2D eigenvalue weighted by atomic mass is 16.5. The second-order valence-corrected chi connectivity index (χ2v) is 5.27. The second-order valence-electron chi connectivity index (χ2n) is 5.27. The molecule has 0 radical (unpaired) electrons. The van der Waals surface area contributed by atoms with Crippen LogP contribution in [0.3, 0.4) is 0 Å². The largest absolute Gasteiger partial charge is 0.481 e. The van der Waals surface area contributed by atoms with Crippen LogP contribution < -0.4 is 0 Å². The summed E-state index contributed by atoms with van der Waals surface area (Å²) in [6, 6.07) is 0. The predicted octanol–water partition coefficient (Wildman–Crippen LogP) is 1.74. The van der Waals surface area contributed by atoms with Gasteiger partial charge in [0.2, 0.25) is 0 Å². The van der Waals surface area contributed by atoms with E-state index in [9.17, 15) is 4.79 Å². The molecule has 1 atom stereocenters. The van der Waals surface area contributed by atoms with Crippen molar-refractivity contribution >= 4 is 5.97 Å². The first-order valence-electron chi connectivity index (χ1n) is 5.99. The van der Waals surface area contributed by atoms with Crippen LogP contribution in [-0.4, -0.2) is 56.0 Å². The number of nitrogens with zero attached hydrogens (tertiary/aromatic N) is 1. The van der Waals surface area contributed by atoms with Gasteiger partial charge in [-0.05, 0) is 6.42 Å². The van der Waals surface area contributed by atoms with Crippen LogP contribution >= 0.6 is 0 Å². The molecule has 0 aromatic carbocycles. The fourth-order valence-corrected chi connectivity index (χ4v) is 1.58. The van der Waals surface area contributed by atoms with Crippen LogP contribution in [0.25, 0.3) is 0 Å². The number of carboxylic acid groups (broad SMARTS) is 1. The average molecular weight is 232 g/mol. The Balaban J connectivity index is 3.96.